The fourth-order valence-electron chi connectivity index (χ4n) is 6.01. The third-order valence-electron chi connectivity index (χ3n) is 7.66. The number of hydrogen-bond donors (Lipinski definition) is 0. The quantitative estimate of drug-likeness (QED) is 0.229. The van der Waals surface area contributed by atoms with Crippen molar-refractivity contribution in [2.45, 2.75) is 95.8 Å². The van der Waals surface area contributed by atoms with Crippen molar-refractivity contribution < 1.29 is 47.5 Å². The number of hydrogen-bond acceptors (Lipinski definition) is 10. The molecule has 0 aromatic rings. The van der Waals surface area contributed by atoms with Crippen LogP contribution in [0.1, 0.15) is 53.9 Å². The zero-order valence-electron chi connectivity index (χ0n) is 21.3. The molecule has 2 spiro atoms. The van der Waals surface area contributed by atoms with Crippen molar-refractivity contribution in [1.82, 2.24) is 0 Å². The Hall–Kier alpha value is -2.43. The molecule has 1 aliphatic carbocycles. The molecule has 10 heteroatoms. The van der Waals surface area contributed by atoms with Crippen molar-refractivity contribution in [3.05, 3.63) is 23.5 Å². The summed E-state index contributed by atoms with van der Waals surface area (Å²) in [6, 6.07) is 0. The van der Waals surface area contributed by atoms with Crippen molar-refractivity contribution in [3.8, 4) is 0 Å². The first kappa shape index (κ1) is 25.2. The lowest BCUT2D eigenvalue weighted by molar-refractivity contribution is -0.194. The summed E-state index contributed by atoms with van der Waals surface area (Å²) in [5.41, 5.74) is 0.606. The van der Waals surface area contributed by atoms with E-state index in [1.165, 1.54) is 27.0 Å². The Balaban J connectivity index is 1.56. The molecule has 4 fully saturated rings. The molecule has 0 N–H and O–H groups in total. The van der Waals surface area contributed by atoms with E-state index < -0.39 is 42.0 Å². The highest BCUT2D eigenvalue weighted by Gasteiger charge is 2.70. The normalized spacial score (nSPS) is 39.4. The maximum atomic E-state index is 12.2. The molecule has 0 bridgehead atoms. The van der Waals surface area contributed by atoms with Gasteiger partial charge in [-0.15, -0.1) is 0 Å². The Kier molecular flexibility index (Phi) is 6.41. The maximum Gasteiger partial charge on any atom is 0.305 e. The van der Waals surface area contributed by atoms with Gasteiger partial charge in [-0.1, -0.05) is 5.57 Å². The van der Waals surface area contributed by atoms with Crippen LogP contribution in [0.5, 0.6) is 0 Å². The molecular formula is C26H34O10. The van der Waals surface area contributed by atoms with Gasteiger partial charge in [0.15, 0.2) is 12.2 Å². The molecule has 198 valence electrons. The zero-order chi connectivity index (χ0) is 25.8. The molecule has 1 saturated carbocycles. The number of allylic oxidation sites excluding steroid dienone is 1. The molecule has 9 atom stereocenters. The Bertz CT molecular complexity index is 987. The van der Waals surface area contributed by atoms with Gasteiger partial charge in [-0.05, 0) is 38.7 Å². The van der Waals surface area contributed by atoms with Crippen LogP contribution >= 0.6 is 0 Å². The average molecular weight is 507 g/mol. The van der Waals surface area contributed by atoms with Crippen molar-refractivity contribution >= 4 is 17.9 Å². The van der Waals surface area contributed by atoms with E-state index >= 15 is 0 Å². The minimum Gasteiger partial charge on any atom is -0.462 e. The van der Waals surface area contributed by atoms with E-state index in [1.807, 2.05) is 13.8 Å². The summed E-state index contributed by atoms with van der Waals surface area (Å²) in [6.45, 7) is 8.82. The van der Waals surface area contributed by atoms with Crippen LogP contribution in [0, 0.1) is 11.8 Å². The number of fused-ring (bicyclic) bond motifs is 4. The van der Waals surface area contributed by atoms with Gasteiger partial charge < -0.3 is 33.2 Å². The van der Waals surface area contributed by atoms with Crippen LogP contribution < -0.4 is 0 Å². The van der Waals surface area contributed by atoms with E-state index in [0.717, 1.165) is 5.57 Å². The third kappa shape index (κ3) is 4.90. The second-order valence-electron chi connectivity index (χ2n) is 10.8. The fraction of sp³-hybridized carbons (Fsp3) is 0.731. The smallest absolute Gasteiger partial charge is 0.305 e. The van der Waals surface area contributed by atoms with Gasteiger partial charge in [0.1, 0.15) is 17.3 Å². The average Bonchev–Trinajstić information content (AvgIpc) is 3.64. The molecule has 5 rings (SSSR count). The molecule has 5 aliphatic rings. The number of carbonyl (C=O) groups is 3. The van der Waals surface area contributed by atoms with Crippen LogP contribution in [0.2, 0.25) is 0 Å². The molecule has 36 heavy (non-hydrogen) atoms. The molecule has 0 amide bonds. The van der Waals surface area contributed by atoms with Gasteiger partial charge in [0.05, 0.1) is 31.5 Å². The van der Waals surface area contributed by atoms with E-state index in [0.29, 0.717) is 38.0 Å². The molecule has 1 unspecified atom stereocenters. The third-order valence-corrected chi connectivity index (χ3v) is 7.66. The summed E-state index contributed by atoms with van der Waals surface area (Å²) in [4.78, 5) is 36.2. The fourth-order valence-corrected chi connectivity index (χ4v) is 6.01. The standard InChI is InChI=1S/C26H34O10/c1-13(2)8-19(33-14(3)27)22(34-15(4)28)18-10-30-24(35-16(5)29)21-17(18)6-7-25(11-31-25)23-20(36-23)9-26(21)12-32-26/h8,10,17,19-24H,6-7,9,11-12H2,1-5H3/t17-,19+,20-,21+,22-,23+,24?,25-,26-/m1/s1. The second kappa shape index (κ2) is 9.15. The van der Waals surface area contributed by atoms with Gasteiger partial charge in [-0.3, -0.25) is 14.4 Å². The van der Waals surface area contributed by atoms with Gasteiger partial charge in [0.25, 0.3) is 0 Å². The summed E-state index contributed by atoms with van der Waals surface area (Å²) in [5.74, 6) is -2.11. The van der Waals surface area contributed by atoms with E-state index in [1.54, 1.807) is 6.08 Å². The Labute approximate surface area is 210 Å². The Morgan fingerprint density at radius 2 is 1.67 bits per heavy atom. The highest BCUT2D eigenvalue weighted by atomic mass is 16.7. The number of epoxide rings is 3. The van der Waals surface area contributed by atoms with E-state index in [2.05, 4.69) is 0 Å². The van der Waals surface area contributed by atoms with Crippen molar-refractivity contribution in [2.24, 2.45) is 11.8 Å². The summed E-state index contributed by atoms with van der Waals surface area (Å²) in [6.07, 6.45) is 2.59. The number of ether oxygens (including phenoxy) is 7. The van der Waals surface area contributed by atoms with Gasteiger partial charge in [0, 0.05) is 32.8 Å². The molecule has 0 aromatic carbocycles. The van der Waals surface area contributed by atoms with Gasteiger partial charge >= 0.3 is 17.9 Å². The van der Waals surface area contributed by atoms with E-state index in [9.17, 15) is 14.4 Å². The number of rotatable bonds is 6. The highest BCUT2D eigenvalue weighted by molar-refractivity contribution is 5.68. The molecule has 4 aliphatic heterocycles. The minimum absolute atomic E-state index is 0.00446. The minimum atomic E-state index is -0.925. The Morgan fingerprint density at radius 1 is 1.00 bits per heavy atom. The molecule has 10 nitrogen and oxygen atoms in total. The zero-order valence-corrected chi connectivity index (χ0v) is 21.3. The molecular weight excluding hydrogens is 472 g/mol. The van der Waals surface area contributed by atoms with Gasteiger partial charge in [-0.2, -0.15) is 0 Å². The highest BCUT2D eigenvalue weighted by Crippen LogP contribution is 2.59. The first-order valence-corrected chi connectivity index (χ1v) is 12.5. The van der Waals surface area contributed by atoms with Crippen LogP contribution in [0.4, 0.5) is 0 Å². The topological polar surface area (TPSA) is 126 Å². The molecule has 3 saturated heterocycles. The van der Waals surface area contributed by atoms with Crippen molar-refractivity contribution in [1.29, 1.82) is 0 Å². The predicted molar refractivity (Wildman–Crippen MR) is 122 cm³/mol. The molecule has 0 radical (unpaired) electrons. The van der Waals surface area contributed by atoms with Gasteiger partial charge in [0.2, 0.25) is 6.29 Å². The van der Waals surface area contributed by atoms with E-state index in [-0.39, 0.29) is 29.6 Å². The summed E-state index contributed by atoms with van der Waals surface area (Å²) >= 11 is 0. The SMILES string of the molecule is CC(=O)OC1OC=C([C@@H](OC(C)=O)[C@H](C=C(C)C)OC(C)=O)[C@H]2CC[C@@]3(CO3)[C@H]3O[C@@H]3C[C@@]3(CO3)[C@H]12. The number of carbonyl (C=O) groups excluding carboxylic acids is 3. The first-order valence-electron chi connectivity index (χ1n) is 12.5. The molecule has 4 heterocycles. The molecule has 0 aromatic heterocycles. The summed E-state index contributed by atoms with van der Waals surface area (Å²) in [5, 5.41) is 0. The van der Waals surface area contributed by atoms with Crippen molar-refractivity contribution in [3.63, 3.8) is 0 Å². The Morgan fingerprint density at radius 3 is 2.22 bits per heavy atom. The summed E-state index contributed by atoms with van der Waals surface area (Å²) < 4.78 is 41.0. The van der Waals surface area contributed by atoms with Crippen LogP contribution in [0.15, 0.2) is 23.5 Å². The second-order valence-corrected chi connectivity index (χ2v) is 10.8. The first-order chi connectivity index (χ1) is 17.0. The van der Waals surface area contributed by atoms with Crippen LogP contribution in [-0.4, -0.2) is 73.0 Å². The van der Waals surface area contributed by atoms with Gasteiger partial charge in [-0.25, -0.2) is 0 Å². The largest absolute Gasteiger partial charge is 0.462 e. The van der Waals surface area contributed by atoms with Crippen LogP contribution in [-0.2, 0) is 47.5 Å². The number of esters is 3. The predicted octanol–water partition coefficient (Wildman–Crippen LogP) is 2.34. The lowest BCUT2D eigenvalue weighted by atomic mass is 9.71. The van der Waals surface area contributed by atoms with Crippen LogP contribution in [0.3, 0.4) is 0 Å². The van der Waals surface area contributed by atoms with Crippen molar-refractivity contribution in [2.75, 3.05) is 13.2 Å². The van der Waals surface area contributed by atoms with Crippen LogP contribution in [0.25, 0.3) is 0 Å². The summed E-state index contributed by atoms with van der Waals surface area (Å²) in [7, 11) is 0. The van der Waals surface area contributed by atoms with E-state index in [4.69, 9.17) is 33.2 Å². The monoisotopic (exact) mass is 506 g/mol. The lowest BCUT2D eigenvalue weighted by Gasteiger charge is -2.43. The lowest BCUT2D eigenvalue weighted by Crippen LogP contribution is -2.50. The maximum absolute atomic E-state index is 12.2.